The van der Waals surface area contributed by atoms with Crippen molar-refractivity contribution in [3.05, 3.63) is 77.1 Å². The summed E-state index contributed by atoms with van der Waals surface area (Å²) in [6.45, 7) is 6.86. The van der Waals surface area contributed by atoms with Crippen LogP contribution in [0.1, 0.15) is 25.0 Å². The SMILES string of the molecule is CC(=O)/C=C(/C)O.Cc1c[c-]c(-c2ccc3c(F)cc(F)cc3n2)cc1C.[Ir]. The number of rotatable bonds is 2. The Balaban J connectivity index is 0.000000425. The first-order valence-corrected chi connectivity index (χ1v) is 8.30. The van der Waals surface area contributed by atoms with E-state index in [4.69, 9.17) is 5.11 Å². The van der Waals surface area contributed by atoms with Crippen molar-refractivity contribution < 1.29 is 38.8 Å². The molecular formula is C22H20F2IrNO2-. The average Bonchev–Trinajstić information content (AvgIpc) is 2.56. The molecular weight excluding hydrogens is 540 g/mol. The van der Waals surface area contributed by atoms with Gasteiger partial charge in [-0.1, -0.05) is 26.0 Å². The maximum Gasteiger partial charge on any atom is 0.155 e. The molecule has 2 aromatic carbocycles. The molecule has 1 radical (unpaired) electrons. The molecule has 0 aliphatic heterocycles. The second-order valence-electron chi connectivity index (χ2n) is 6.26. The number of allylic oxidation sites excluding steroid dienone is 2. The maximum atomic E-state index is 13.6. The van der Waals surface area contributed by atoms with Gasteiger partial charge < -0.3 is 5.11 Å². The molecule has 0 aliphatic carbocycles. The molecule has 0 spiro atoms. The van der Waals surface area contributed by atoms with Crippen LogP contribution in [0.2, 0.25) is 0 Å². The zero-order valence-corrected chi connectivity index (χ0v) is 18.3. The first-order chi connectivity index (χ1) is 12.7. The number of benzene rings is 2. The van der Waals surface area contributed by atoms with Crippen LogP contribution in [-0.4, -0.2) is 15.9 Å². The van der Waals surface area contributed by atoms with E-state index in [1.165, 1.54) is 26.0 Å². The molecule has 6 heteroatoms. The number of nitrogens with zero attached hydrogens (tertiary/aromatic N) is 1. The van der Waals surface area contributed by atoms with Crippen LogP contribution in [0.3, 0.4) is 0 Å². The van der Waals surface area contributed by atoms with E-state index in [0.29, 0.717) is 16.6 Å². The van der Waals surface area contributed by atoms with E-state index in [2.05, 4.69) is 11.1 Å². The predicted molar refractivity (Wildman–Crippen MR) is 102 cm³/mol. The Labute approximate surface area is 176 Å². The number of fused-ring (bicyclic) bond motifs is 1. The second-order valence-corrected chi connectivity index (χ2v) is 6.26. The second kappa shape index (κ2) is 10.2. The predicted octanol–water partition coefficient (Wildman–Crippen LogP) is 5.63. The summed E-state index contributed by atoms with van der Waals surface area (Å²) in [5.74, 6) is -1.28. The van der Waals surface area contributed by atoms with Gasteiger partial charge in [-0.25, -0.2) is 8.78 Å². The number of aryl methyl sites for hydroxylation is 2. The monoisotopic (exact) mass is 561 g/mol. The number of carbonyl (C=O) groups excluding carboxylic acids is 1. The van der Waals surface area contributed by atoms with E-state index in [1.54, 1.807) is 12.1 Å². The van der Waals surface area contributed by atoms with E-state index in [-0.39, 0.29) is 31.6 Å². The first kappa shape index (κ1) is 23.6. The Morgan fingerprint density at radius 3 is 2.32 bits per heavy atom. The Morgan fingerprint density at radius 1 is 1.11 bits per heavy atom. The summed E-state index contributed by atoms with van der Waals surface area (Å²) in [5, 5.41) is 8.68. The minimum Gasteiger partial charge on any atom is -0.512 e. The Bertz CT molecular complexity index is 1030. The molecule has 3 nitrogen and oxygen atoms in total. The normalized spacial score (nSPS) is 10.7. The molecule has 0 unspecified atom stereocenters. The number of halogens is 2. The summed E-state index contributed by atoms with van der Waals surface area (Å²) in [4.78, 5) is 14.3. The van der Waals surface area contributed by atoms with Crippen molar-refractivity contribution in [2.24, 2.45) is 0 Å². The summed E-state index contributed by atoms with van der Waals surface area (Å²) in [5.41, 5.74) is 4.06. The first-order valence-electron chi connectivity index (χ1n) is 8.30. The number of hydrogen-bond acceptors (Lipinski definition) is 3. The summed E-state index contributed by atoms with van der Waals surface area (Å²) >= 11 is 0. The van der Waals surface area contributed by atoms with Crippen LogP contribution < -0.4 is 0 Å². The van der Waals surface area contributed by atoms with Gasteiger partial charge in [-0.2, -0.15) is 0 Å². The van der Waals surface area contributed by atoms with Crippen LogP contribution in [0.4, 0.5) is 8.78 Å². The Hall–Kier alpha value is -2.43. The van der Waals surface area contributed by atoms with Crippen LogP contribution in [0.5, 0.6) is 0 Å². The minimum absolute atomic E-state index is 0. The molecule has 1 aromatic heterocycles. The fraction of sp³-hybridized carbons (Fsp3) is 0.182. The van der Waals surface area contributed by atoms with Crippen molar-refractivity contribution in [1.82, 2.24) is 4.98 Å². The van der Waals surface area contributed by atoms with Crippen molar-refractivity contribution in [3.8, 4) is 11.3 Å². The van der Waals surface area contributed by atoms with Crippen molar-refractivity contribution in [1.29, 1.82) is 0 Å². The fourth-order valence-corrected chi connectivity index (χ4v) is 2.42. The molecule has 0 bridgehead atoms. The summed E-state index contributed by atoms with van der Waals surface area (Å²) < 4.78 is 26.9. The summed E-state index contributed by atoms with van der Waals surface area (Å²) in [6.07, 6.45) is 1.17. The molecule has 0 saturated carbocycles. The molecule has 0 fully saturated rings. The van der Waals surface area contributed by atoms with E-state index in [9.17, 15) is 13.6 Å². The summed E-state index contributed by atoms with van der Waals surface area (Å²) in [7, 11) is 0. The van der Waals surface area contributed by atoms with Crippen molar-refractivity contribution in [3.63, 3.8) is 0 Å². The van der Waals surface area contributed by atoms with Gasteiger partial charge in [0, 0.05) is 37.6 Å². The topological polar surface area (TPSA) is 50.2 Å². The van der Waals surface area contributed by atoms with Crippen molar-refractivity contribution in [2.75, 3.05) is 0 Å². The fourth-order valence-electron chi connectivity index (χ4n) is 2.42. The zero-order valence-electron chi connectivity index (χ0n) is 15.9. The molecule has 0 aliphatic rings. The van der Waals surface area contributed by atoms with E-state index in [1.807, 2.05) is 26.0 Å². The van der Waals surface area contributed by atoms with Gasteiger partial charge in [0.05, 0.1) is 11.3 Å². The van der Waals surface area contributed by atoms with Crippen LogP contribution in [0.15, 0.2) is 48.2 Å². The number of aliphatic hydroxyl groups is 1. The van der Waals surface area contributed by atoms with Crippen LogP contribution in [0, 0.1) is 31.5 Å². The van der Waals surface area contributed by atoms with Crippen molar-refractivity contribution >= 4 is 16.7 Å². The standard InChI is InChI=1S/C17H12F2N.C5H8O2.Ir/c1-10-3-4-12(7-11(10)2)16-6-5-14-15(19)8-13(18)9-17(14)20-16;1-4(6)3-5(2)7;/h3,5-9H,1-2H3;3,6H,1-2H3;/q-1;;/b;4-3-;. The van der Waals surface area contributed by atoms with E-state index < -0.39 is 11.6 Å². The molecule has 3 rings (SSSR count). The molecule has 28 heavy (non-hydrogen) atoms. The zero-order chi connectivity index (χ0) is 20.1. The number of ketones is 1. The number of pyridine rings is 1. The molecule has 0 atom stereocenters. The van der Waals surface area contributed by atoms with Crippen LogP contribution >= 0.6 is 0 Å². The third kappa shape index (κ3) is 6.32. The molecule has 0 amide bonds. The smallest absolute Gasteiger partial charge is 0.155 e. The van der Waals surface area contributed by atoms with Gasteiger partial charge >= 0.3 is 0 Å². The Kier molecular flexibility index (Phi) is 8.61. The largest absolute Gasteiger partial charge is 0.512 e. The average molecular weight is 561 g/mol. The number of aromatic nitrogens is 1. The van der Waals surface area contributed by atoms with Gasteiger partial charge in [0.25, 0.3) is 0 Å². The van der Waals surface area contributed by atoms with Gasteiger partial charge in [0.2, 0.25) is 0 Å². The number of carbonyl (C=O) groups is 1. The molecule has 3 aromatic rings. The van der Waals surface area contributed by atoms with Gasteiger partial charge in [-0.15, -0.1) is 34.9 Å². The molecule has 1 N–H and O–H groups in total. The van der Waals surface area contributed by atoms with E-state index >= 15 is 0 Å². The quantitative estimate of drug-likeness (QED) is 0.251. The van der Waals surface area contributed by atoms with Crippen LogP contribution in [-0.2, 0) is 24.9 Å². The minimum atomic E-state index is -0.622. The number of aliphatic hydroxyl groups excluding tert-OH is 1. The maximum absolute atomic E-state index is 13.6. The van der Waals surface area contributed by atoms with Gasteiger partial charge in [-0.05, 0) is 25.6 Å². The third-order valence-corrected chi connectivity index (χ3v) is 3.84. The summed E-state index contributed by atoms with van der Waals surface area (Å²) in [6, 6.07) is 12.5. The molecule has 149 valence electrons. The molecule has 1 heterocycles. The van der Waals surface area contributed by atoms with Crippen molar-refractivity contribution in [2.45, 2.75) is 27.7 Å². The van der Waals surface area contributed by atoms with E-state index in [0.717, 1.165) is 22.8 Å². The van der Waals surface area contributed by atoms with Gasteiger partial charge in [-0.3, -0.25) is 9.78 Å². The van der Waals surface area contributed by atoms with Crippen LogP contribution in [0.25, 0.3) is 22.2 Å². The van der Waals surface area contributed by atoms with Gasteiger partial charge in [0.15, 0.2) is 5.78 Å². The number of hydrogen-bond donors (Lipinski definition) is 1. The third-order valence-electron chi connectivity index (χ3n) is 3.84. The Morgan fingerprint density at radius 2 is 1.79 bits per heavy atom. The van der Waals surface area contributed by atoms with Gasteiger partial charge in [0.1, 0.15) is 11.6 Å². The molecule has 0 saturated heterocycles.